The molecule has 2 aromatic rings. The Morgan fingerprint density at radius 1 is 1.47 bits per heavy atom. The quantitative estimate of drug-likeness (QED) is 0.905. The third-order valence-corrected chi connectivity index (χ3v) is 3.01. The Hall–Kier alpha value is -1.76. The van der Waals surface area contributed by atoms with Crippen molar-refractivity contribution in [2.75, 3.05) is 0 Å². The number of halogens is 3. The van der Waals surface area contributed by atoms with Gasteiger partial charge in [0.2, 0.25) is 0 Å². The van der Waals surface area contributed by atoms with Crippen LogP contribution in [0.2, 0.25) is 0 Å². The van der Waals surface area contributed by atoms with E-state index in [-0.39, 0.29) is 12.0 Å². The summed E-state index contributed by atoms with van der Waals surface area (Å²) in [6.07, 6.45) is 1.11. The van der Waals surface area contributed by atoms with Crippen LogP contribution in [0.3, 0.4) is 0 Å². The summed E-state index contributed by atoms with van der Waals surface area (Å²) in [7, 11) is 0. The number of nitrogens with zero attached hydrogens (tertiary/aromatic N) is 1. The Morgan fingerprint density at radius 2 is 2.21 bits per heavy atom. The SMILES string of the molecule is O=C(O)CC(c1ncc(Br)[nH]1)c1ccc(F)cc1F. The Kier molecular flexibility index (Phi) is 3.94. The minimum atomic E-state index is -1.10. The lowest BCUT2D eigenvalue weighted by Crippen LogP contribution is -2.11. The van der Waals surface area contributed by atoms with Crippen LogP contribution in [0.25, 0.3) is 0 Å². The first-order chi connectivity index (χ1) is 8.97. The van der Waals surface area contributed by atoms with Crippen LogP contribution in [-0.2, 0) is 4.79 Å². The van der Waals surface area contributed by atoms with E-state index in [0.717, 1.165) is 12.1 Å². The van der Waals surface area contributed by atoms with Gasteiger partial charge in [-0.3, -0.25) is 4.79 Å². The molecule has 0 spiro atoms. The molecule has 19 heavy (non-hydrogen) atoms. The Labute approximate surface area is 115 Å². The third kappa shape index (κ3) is 3.17. The summed E-state index contributed by atoms with van der Waals surface area (Å²) in [6, 6.07) is 3.04. The molecule has 2 N–H and O–H groups in total. The first-order valence-corrected chi connectivity index (χ1v) is 6.14. The monoisotopic (exact) mass is 330 g/mol. The van der Waals surface area contributed by atoms with Gasteiger partial charge in [-0.1, -0.05) is 6.07 Å². The molecule has 4 nitrogen and oxygen atoms in total. The van der Waals surface area contributed by atoms with Gasteiger partial charge in [0.25, 0.3) is 0 Å². The fourth-order valence-corrected chi connectivity index (χ4v) is 2.11. The second kappa shape index (κ2) is 5.48. The van der Waals surface area contributed by atoms with Crippen LogP contribution < -0.4 is 0 Å². The minimum Gasteiger partial charge on any atom is -0.481 e. The van der Waals surface area contributed by atoms with Gasteiger partial charge in [-0.2, -0.15) is 0 Å². The summed E-state index contributed by atoms with van der Waals surface area (Å²) in [4.78, 5) is 17.7. The minimum absolute atomic E-state index is 0.0886. The first kappa shape index (κ1) is 13.7. The predicted molar refractivity (Wildman–Crippen MR) is 66.7 cm³/mol. The van der Waals surface area contributed by atoms with Gasteiger partial charge in [-0.05, 0) is 27.6 Å². The van der Waals surface area contributed by atoms with E-state index in [1.807, 2.05) is 0 Å². The highest BCUT2D eigenvalue weighted by Crippen LogP contribution is 2.29. The molecule has 1 aromatic heterocycles. The van der Waals surface area contributed by atoms with E-state index in [1.165, 1.54) is 12.3 Å². The zero-order valence-corrected chi connectivity index (χ0v) is 11.1. The molecule has 1 unspecified atom stereocenters. The van der Waals surface area contributed by atoms with E-state index >= 15 is 0 Å². The average molecular weight is 331 g/mol. The highest BCUT2D eigenvalue weighted by Gasteiger charge is 2.24. The maximum absolute atomic E-state index is 13.8. The smallest absolute Gasteiger partial charge is 0.304 e. The lowest BCUT2D eigenvalue weighted by Gasteiger charge is -2.13. The summed E-state index contributed by atoms with van der Waals surface area (Å²) in [5.41, 5.74) is 0.0886. The zero-order valence-electron chi connectivity index (χ0n) is 9.53. The maximum Gasteiger partial charge on any atom is 0.304 e. The summed E-state index contributed by atoms with van der Waals surface area (Å²) < 4.78 is 27.2. The normalized spacial score (nSPS) is 12.4. The third-order valence-electron chi connectivity index (χ3n) is 2.61. The van der Waals surface area contributed by atoms with Gasteiger partial charge in [0.05, 0.1) is 18.5 Å². The number of aromatic nitrogens is 2. The number of carboxylic acids is 1. The van der Waals surface area contributed by atoms with E-state index < -0.39 is 23.5 Å². The highest BCUT2D eigenvalue weighted by molar-refractivity contribution is 9.10. The van der Waals surface area contributed by atoms with Gasteiger partial charge in [-0.25, -0.2) is 13.8 Å². The van der Waals surface area contributed by atoms with E-state index in [1.54, 1.807) is 0 Å². The molecule has 2 rings (SSSR count). The van der Waals surface area contributed by atoms with Gasteiger partial charge in [-0.15, -0.1) is 0 Å². The van der Waals surface area contributed by atoms with E-state index in [9.17, 15) is 13.6 Å². The van der Waals surface area contributed by atoms with E-state index in [0.29, 0.717) is 10.4 Å². The number of hydrogen-bond donors (Lipinski definition) is 2. The van der Waals surface area contributed by atoms with Crippen molar-refractivity contribution >= 4 is 21.9 Å². The Bertz CT molecular complexity index is 616. The van der Waals surface area contributed by atoms with Crippen molar-refractivity contribution in [3.8, 4) is 0 Å². The van der Waals surface area contributed by atoms with Crippen molar-refractivity contribution in [3.63, 3.8) is 0 Å². The fourth-order valence-electron chi connectivity index (χ4n) is 1.80. The van der Waals surface area contributed by atoms with Crippen molar-refractivity contribution < 1.29 is 18.7 Å². The van der Waals surface area contributed by atoms with Crippen molar-refractivity contribution in [1.82, 2.24) is 9.97 Å². The van der Waals surface area contributed by atoms with Crippen LogP contribution in [-0.4, -0.2) is 21.0 Å². The van der Waals surface area contributed by atoms with Crippen molar-refractivity contribution in [3.05, 3.63) is 52.0 Å². The Morgan fingerprint density at radius 3 is 2.74 bits per heavy atom. The predicted octanol–water partition coefficient (Wildman–Crippen LogP) is 3.06. The molecule has 100 valence electrons. The van der Waals surface area contributed by atoms with Crippen LogP contribution in [0.1, 0.15) is 23.7 Å². The van der Waals surface area contributed by atoms with Crippen LogP contribution in [0.5, 0.6) is 0 Å². The standard InChI is InChI=1S/C12H9BrF2N2O2/c13-10-5-16-12(17-10)8(4-11(18)19)7-2-1-6(14)3-9(7)15/h1-3,5,8H,4H2,(H,16,17)(H,18,19). The summed E-state index contributed by atoms with van der Waals surface area (Å²) in [5, 5.41) is 8.91. The van der Waals surface area contributed by atoms with Gasteiger partial charge < -0.3 is 10.1 Å². The summed E-state index contributed by atoms with van der Waals surface area (Å²) >= 11 is 3.15. The molecule has 7 heteroatoms. The van der Waals surface area contributed by atoms with Gasteiger partial charge in [0.15, 0.2) is 0 Å². The molecular formula is C12H9BrF2N2O2. The number of rotatable bonds is 4. The van der Waals surface area contributed by atoms with Crippen molar-refractivity contribution in [2.24, 2.45) is 0 Å². The number of carbonyl (C=O) groups is 1. The number of hydrogen-bond acceptors (Lipinski definition) is 2. The molecule has 0 amide bonds. The zero-order chi connectivity index (χ0) is 14.0. The molecule has 1 atom stereocenters. The number of aromatic amines is 1. The van der Waals surface area contributed by atoms with Crippen LogP contribution in [0.15, 0.2) is 29.0 Å². The second-order valence-corrected chi connectivity index (χ2v) is 4.79. The highest BCUT2D eigenvalue weighted by atomic mass is 79.9. The Balaban J connectivity index is 2.45. The van der Waals surface area contributed by atoms with Crippen molar-refractivity contribution in [2.45, 2.75) is 12.3 Å². The summed E-state index contributed by atoms with van der Waals surface area (Å²) in [6.45, 7) is 0. The van der Waals surface area contributed by atoms with E-state index in [2.05, 4.69) is 25.9 Å². The molecule has 0 saturated heterocycles. The lowest BCUT2D eigenvalue weighted by molar-refractivity contribution is -0.137. The summed E-state index contributed by atoms with van der Waals surface area (Å²) in [5.74, 6) is -3.10. The van der Waals surface area contributed by atoms with Gasteiger partial charge in [0, 0.05) is 6.07 Å². The number of nitrogens with one attached hydrogen (secondary N) is 1. The maximum atomic E-state index is 13.8. The molecular weight excluding hydrogens is 322 g/mol. The van der Waals surface area contributed by atoms with Crippen LogP contribution in [0.4, 0.5) is 8.78 Å². The number of benzene rings is 1. The molecule has 0 saturated carbocycles. The number of aliphatic carboxylic acids is 1. The average Bonchev–Trinajstić information content (AvgIpc) is 2.73. The number of H-pyrrole nitrogens is 1. The van der Waals surface area contributed by atoms with Crippen molar-refractivity contribution in [1.29, 1.82) is 0 Å². The van der Waals surface area contributed by atoms with Crippen LogP contribution in [0, 0.1) is 11.6 Å². The molecule has 0 aliphatic heterocycles. The lowest BCUT2D eigenvalue weighted by atomic mass is 9.94. The topological polar surface area (TPSA) is 66.0 Å². The van der Waals surface area contributed by atoms with Gasteiger partial charge in [0.1, 0.15) is 22.1 Å². The second-order valence-electron chi connectivity index (χ2n) is 3.93. The van der Waals surface area contributed by atoms with Crippen LogP contribution >= 0.6 is 15.9 Å². The molecule has 0 aliphatic rings. The molecule has 0 bridgehead atoms. The molecule has 0 radical (unpaired) electrons. The molecule has 1 aromatic carbocycles. The largest absolute Gasteiger partial charge is 0.481 e. The number of carboxylic acid groups (broad SMARTS) is 1. The first-order valence-electron chi connectivity index (χ1n) is 5.34. The van der Waals surface area contributed by atoms with Gasteiger partial charge >= 0.3 is 5.97 Å². The number of imidazole rings is 1. The fraction of sp³-hybridized carbons (Fsp3) is 0.167. The molecule has 1 heterocycles. The molecule has 0 aliphatic carbocycles. The molecule has 0 fully saturated rings. The van der Waals surface area contributed by atoms with E-state index in [4.69, 9.17) is 5.11 Å².